The second kappa shape index (κ2) is 7.14. The maximum Gasteiger partial charge on any atom is 0.335 e. The van der Waals surface area contributed by atoms with Crippen molar-refractivity contribution in [2.45, 2.75) is 19.8 Å². The van der Waals surface area contributed by atoms with E-state index in [1.165, 1.54) is 12.1 Å². The molecule has 0 unspecified atom stereocenters. The topological polar surface area (TPSA) is 65.0 Å². The van der Waals surface area contributed by atoms with Crippen molar-refractivity contribution in [3.8, 4) is 11.5 Å². The van der Waals surface area contributed by atoms with E-state index in [0.717, 1.165) is 26.1 Å². The van der Waals surface area contributed by atoms with Crippen molar-refractivity contribution in [3.63, 3.8) is 0 Å². The van der Waals surface area contributed by atoms with Crippen molar-refractivity contribution in [1.82, 2.24) is 0 Å². The van der Waals surface area contributed by atoms with Gasteiger partial charge >= 0.3 is 5.97 Å². The normalized spacial score (nSPS) is 15.8. The highest BCUT2D eigenvalue weighted by Gasteiger charge is 2.16. The average Bonchev–Trinajstić information content (AvgIpc) is 2.47. The van der Waals surface area contributed by atoms with Crippen molar-refractivity contribution in [2.24, 2.45) is 5.92 Å². The second-order valence-corrected chi connectivity index (χ2v) is 4.77. The fraction of sp³-hybridized carbons (Fsp3) is 0.533. The summed E-state index contributed by atoms with van der Waals surface area (Å²) in [7, 11) is 0. The van der Waals surface area contributed by atoms with Gasteiger partial charge in [-0.25, -0.2) is 4.79 Å². The summed E-state index contributed by atoms with van der Waals surface area (Å²) in [6.07, 6.45) is 1.99. The molecule has 1 heterocycles. The van der Waals surface area contributed by atoms with Gasteiger partial charge in [0.2, 0.25) is 0 Å². The van der Waals surface area contributed by atoms with Gasteiger partial charge in [-0.05, 0) is 43.9 Å². The maximum atomic E-state index is 11.0. The highest BCUT2D eigenvalue weighted by Crippen LogP contribution is 2.29. The van der Waals surface area contributed by atoms with E-state index in [4.69, 9.17) is 19.3 Å². The van der Waals surface area contributed by atoms with Gasteiger partial charge in [0.05, 0.1) is 18.8 Å². The predicted molar refractivity (Wildman–Crippen MR) is 73.6 cm³/mol. The van der Waals surface area contributed by atoms with E-state index in [9.17, 15) is 4.79 Å². The molecule has 0 aromatic heterocycles. The van der Waals surface area contributed by atoms with Crippen molar-refractivity contribution in [2.75, 3.05) is 26.4 Å². The Hall–Kier alpha value is -1.75. The summed E-state index contributed by atoms with van der Waals surface area (Å²) in [6, 6.07) is 4.70. The van der Waals surface area contributed by atoms with Crippen LogP contribution in [0.4, 0.5) is 0 Å². The number of ether oxygens (including phenoxy) is 3. The molecule has 1 N–H and O–H groups in total. The molecule has 2 rings (SSSR count). The van der Waals surface area contributed by atoms with E-state index in [1.54, 1.807) is 6.07 Å². The fourth-order valence-electron chi connectivity index (χ4n) is 2.15. The standard InChI is InChI=1S/C15H20O5/c1-2-19-14-9-12(15(16)17)3-4-13(14)20-10-11-5-7-18-8-6-11/h3-4,9,11H,2,5-8,10H2,1H3,(H,16,17). The van der Waals surface area contributed by atoms with Crippen LogP contribution < -0.4 is 9.47 Å². The van der Waals surface area contributed by atoms with Crippen LogP contribution in [0.2, 0.25) is 0 Å². The van der Waals surface area contributed by atoms with Crippen LogP contribution in [0, 0.1) is 5.92 Å². The van der Waals surface area contributed by atoms with Gasteiger partial charge in [-0.15, -0.1) is 0 Å². The number of hydrogen-bond donors (Lipinski definition) is 1. The van der Waals surface area contributed by atoms with Gasteiger partial charge < -0.3 is 19.3 Å². The zero-order valence-corrected chi connectivity index (χ0v) is 11.6. The molecule has 1 aliphatic rings. The average molecular weight is 280 g/mol. The van der Waals surface area contributed by atoms with Crippen LogP contribution in [-0.2, 0) is 4.74 Å². The number of carboxylic acid groups (broad SMARTS) is 1. The molecule has 5 heteroatoms. The van der Waals surface area contributed by atoms with Crippen LogP contribution in [-0.4, -0.2) is 37.5 Å². The molecule has 1 aromatic carbocycles. The molecule has 20 heavy (non-hydrogen) atoms. The molecule has 1 fully saturated rings. The number of hydrogen-bond acceptors (Lipinski definition) is 4. The molecular formula is C15H20O5. The van der Waals surface area contributed by atoms with Gasteiger partial charge in [-0.2, -0.15) is 0 Å². The zero-order chi connectivity index (χ0) is 14.4. The minimum Gasteiger partial charge on any atom is -0.490 e. The molecule has 1 saturated heterocycles. The molecule has 0 saturated carbocycles. The van der Waals surface area contributed by atoms with Crippen LogP contribution >= 0.6 is 0 Å². The number of carboxylic acids is 1. The summed E-state index contributed by atoms with van der Waals surface area (Å²) in [5.41, 5.74) is 0.201. The van der Waals surface area contributed by atoms with Gasteiger partial charge in [0.25, 0.3) is 0 Å². The van der Waals surface area contributed by atoms with E-state index in [1.807, 2.05) is 6.92 Å². The lowest BCUT2D eigenvalue weighted by Gasteiger charge is -2.22. The van der Waals surface area contributed by atoms with Crippen molar-refractivity contribution in [1.29, 1.82) is 0 Å². The molecule has 0 spiro atoms. The molecule has 0 bridgehead atoms. The van der Waals surface area contributed by atoms with E-state index in [2.05, 4.69) is 0 Å². The van der Waals surface area contributed by atoms with E-state index >= 15 is 0 Å². The largest absolute Gasteiger partial charge is 0.490 e. The smallest absolute Gasteiger partial charge is 0.335 e. The first-order valence-corrected chi connectivity index (χ1v) is 6.91. The summed E-state index contributed by atoms with van der Waals surface area (Å²) < 4.78 is 16.6. The third-order valence-electron chi connectivity index (χ3n) is 3.31. The van der Waals surface area contributed by atoms with Crippen LogP contribution in [0.25, 0.3) is 0 Å². The summed E-state index contributed by atoms with van der Waals surface area (Å²) in [5, 5.41) is 8.99. The van der Waals surface area contributed by atoms with Gasteiger partial charge in [0.1, 0.15) is 0 Å². The van der Waals surface area contributed by atoms with Gasteiger partial charge in [-0.1, -0.05) is 0 Å². The molecule has 0 aliphatic carbocycles. The summed E-state index contributed by atoms with van der Waals surface area (Å²) in [4.78, 5) is 11.0. The summed E-state index contributed by atoms with van der Waals surface area (Å²) >= 11 is 0. The zero-order valence-electron chi connectivity index (χ0n) is 11.6. The number of carbonyl (C=O) groups is 1. The molecule has 110 valence electrons. The lowest BCUT2D eigenvalue weighted by atomic mass is 10.0. The highest BCUT2D eigenvalue weighted by molar-refractivity contribution is 5.88. The second-order valence-electron chi connectivity index (χ2n) is 4.77. The first-order valence-electron chi connectivity index (χ1n) is 6.91. The van der Waals surface area contributed by atoms with Gasteiger partial charge in [0, 0.05) is 13.2 Å². The van der Waals surface area contributed by atoms with E-state index in [-0.39, 0.29) is 5.56 Å². The van der Waals surface area contributed by atoms with Crippen LogP contribution in [0.5, 0.6) is 11.5 Å². The molecule has 1 aliphatic heterocycles. The van der Waals surface area contributed by atoms with Crippen LogP contribution in [0.1, 0.15) is 30.1 Å². The number of rotatable bonds is 6. The van der Waals surface area contributed by atoms with Crippen molar-refractivity contribution in [3.05, 3.63) is 23.8 Å². The Balaban J connectivity index is 2.03. The lowest BCUT2D eigenvalue weighted by molar-refractivity contribution is 0.0492. The summed E-state index contributed by atoms with van der Waals surface area (Å²) in [6.45, 7) is 4.50. The third-order valence-corrected chi connectivity index (χ3v) is 3.31. The monoisotopic (exact) mass is 280 g/mol. The SMILES string of the molecule is CCOc1cc(C(=O)O)ccc1OCC1CCOCC1. The summed E-state index contributed by atoms with van der Waals surface area (Å²) in [5.74, 6) is 0.599. The maximum absolute atomic E-state index is 11.0. The molecule has 0 amide bonds. The van der Waals surface area contributed by atoms with Crippen LogP contribution in [0.3, 0.4) is 0 Å². The Bertz CT molecular complexity index is 452. The fourth-order valence-corrected chi connectivity index (χ4v) is 2.15. The lowest BCUT2D eigenvalue weighted by Crippen LogP contribution is -2.21. The molecule has 1 aromatic rings. The molecule has 0 radical (unpaired) electrons. The van der Waals surface area contributed by atoms with Crippen molar-refractivity contribution >= 4 is 5.97 Å². The van der Waals surface area contributed by atoms with Crippen molar-refractivity contribution < 1.29 is 24.1 Å². The number of aromatic carboxylic acids is 1. The third kappa shape index (κ3) is 3.87. The number of benzene rings is 1. The minimum absolute atomic E-state index is 0.201. The first-order chi connectivity index (χ1) is 9.70. The molecular weight excluding hydrogens is 260 g/mol. The van der Waals surface area contributed by atoms with Crippen LogP contribution in [0.15, 0.2) is 18.2 Å². The Morgan fingerprint density at radius 1 is 1.30 bits per heavy atom. The minimum atomic E-state index is -0.970. The van der Waals surface area contributed by atoms with Gasteiger partial charge in [-0.3, -0.25) is 0 Å². The van der Waals surface area contributed by atoms with Gasteiger partial charge in [0.15, 0.2) is 11.5 Å². The molecule has 0 atom stereocenters. The molecule has 5 nitrogen and oxygen atoms in total. The highest BCUT2D eigenvalue weighted by atomic mass is 16.5. The Kier molecular flexibility index (Phi) is 5.24. The predicted octanol–water partition coefficient (Wildman–Crippen LogP) is 2.59. The Morgan fingerprint density at radius 3 is 2.70 bits per heavy atom. The van der Waals surface area contributed by atoms with E-state index in [0.29, 0.717) is 30.6 Å². The van der Waals surface area contributed by atoms with E-state index < -0.39 is 5.97 Å². The quantitative estimate of drug-likeness (QED) is 0.867. The Labute approximate surface area is 118 Å². The first kappa shape index (κ1) is 14.7. The Morgan fingerprint density at radius 2 is 2.05 bits per heavy atom.